The largest absolute Gasteiger partial charge is 0.383 e. The lowest BCUT2D eigenvalue weighted by Gasteiger charge is -2.06. The molecule has 7 heteroatoms. The van der Waals surface area contributed by atoms with Crippen molar-refractivity contribution in [3.63, 3.8) is 0 Å². The molecule has 0 bridgehead atoms. The van der Waals surface area contributed by atoms with E-state index in [2.05, 4.69) is 24.1 Å². The molecule has 1 aliphatic carbocycles. The van der Waals surface area contributed by atoms with Crippen LogP contribution in [-0.2, 0) is 10.0 Å². The van der Waals surface area contributed by atoms with Crippen LogP contribution in [0.4, 0.5) is 10.1 Å². The average Bonchev–Trinajstić information content (AvgIpc) is 3.05. The second-order valence-corrected chi connectivity index (χ2v) is 8.35. The van der Waals surface area contributed by atoms with E-state index in [9.17, 15) is 12.8 Å². The van der Waals surface area contributed by atoms with E-state index in [4.69, 9.17) is 5.14 Å². The number of nitrogens with two attached hydrogens (primary N) is 1. The minimum Gasteiger partial charge on any atom is -0.383 e. The van der Waals surface area contributed by atoms with Crippen molar-refractivity contribution in [2.45, 2.75) is 24.7 Å². The van der Waals surface area contributed by atoms with Gasteiger partial charge in [-0.25, -0.2) is 17.9 Å². The quantitative estimate of drug-likeness (QED) is 0.869. The first-order chi connectivity index (χ1) is 11.2. The number of primary sulfonamides is 1. The van der Waals surface area contributed by atoms with Gasteiger partial charge in [0.05, 0.1) is 23.0 Å². The van der Waals surface area contributed by atoms with Gasteiger partial charge in [0.25, 0.3) is 0 Å². The van der Waals surface area contributed by atoms with E-state index in [1.54, 1.807) is 18.3 Å². The molecular weight excluding hydrogens is 329 g/mol. The van der Waals surface area contributed by atoms with Crippen LogP contribution in [0.3, 0.4) is 0 Å². The molecule has 3 N–H and O–H groups in total. The summed E-state index contributed by atoms with van der Waals surface area (Å²) in [6, 6.07) is 8.13. The van der Waals surface area contributed by atoms with Crippen molar-refractivity contribution >= 4 is 15.7 Å². The first kappa shape index (κ1) is 16.9. The predicted molar refractivity (Wildman–Crippen MR) is 90.5 cm³/mol. The molecule has 2 unspecified atom stereocenters. The number of rotatable bonds is 5. The summed E-state index contributed by atoms with van der Waals surface area (Å²) in [4.78, 5) is 3.94. The molecule has 0 spiro atoms. The molecule has 0 amide bonds. The summed E-state index contributed by atoms with van der Waals surface area (Å²) in [5, 5.41) is 8.35. The molecule has 0 aliphatic heterocycles. The molecule has 0 saturated heterocycles. The summed E-state index contributed by atoms with van der Waals surface area (Å²) in [6.45, 7) is 5.03. The number of nitrogens with zero attached hydrogens (tertiary/aromatic N) is 1. The standard InChI is InChI=1S/C17H20FN3O2S/c1-17(2)15(10-21-13-7-12(18)8-20-9-13)16(17)11-3-5-14(6-4-11)24(19,22)23/h3-9,15-16,21H,10H2,1-2H3,(H2,19,22,23). The Balaban J connectivity index is 1.70. The Bertz CT molecular complexity index is 850. The van der Waals surface area contributed by atoms with Gasteiger partial charge in [0, 0.05) is 12.6 Å². The number of hydrogen-bond donors (Lipinski definition) is 2. The SMILES string of the molecule is CC1(C)C(CNc2cncc(F)c2)C1c1ccc(S(N)(=O)=O)cc1. The van der Waals surface area contributed by atoms with Gasteiger partial charge in [-0.15, -0.1) is 0 Å². The van der Waals surface area contributed by atoms with E-state index >= 15 is 0 Å². The highest BCUT2D eigenvalue weighted by molar-refractivity contribution is 7.89. The van der Waals surface area contributed by atoms with E-state index < -0.39 is 10.0 Å². The summed E-state index contributed by atoms with van der Waals surface area (Å²) >= 11 is 0. The van der Waals surface area contributed by atoms with Crippen LogP contribution in [0.15, 0.2) is 47.6 Å². The van der Waals surface area contributed by atoms with E-state index in [0.29, 0.717) is 24.1 Å². The lowest BCUT2D eigenvalue weighted by molar-refractivity contribution is 0.565. The molecule has 1 fully saturated rings. The minimum atomic E-state index is -3.67. The molecule has 2 aromatic rings. The van der Waals surface area contributed by atoms with Crippen LogP contribution in [-0.4, -0.2) is 19.9 Å². The Morgan fingerprint density at radius 3 is 2.50 bits per heavy atom. The van der Waals surface area contributed by atoms with Crippen LogP contribution in [0.5, 0.6) is 0 Å². The highest BCUT2D eigenvalue weighted by Gasteiger charge is 2.57. The molecule has 24 heavy (non-hydrogen) atoms. The zero-order chi connectivity index (χ0) is 17.5. The molecule has 1 heterocycles. The van der Waals surface area contributed by atoms with Gasteiger partial charge < -0.3 is 5.32 Å². The van der Waals surface area contributed by atoms with Gasteiger partial charge in [-0.2, -0.15) is 0 Å². The van der Waals surface area contributed by atoms with Crippen molar-refractivity contribution in [2.24, 2.45) is 16.5 Å². The normalized spacial score (nSPS) is 22.2. The van der Waals surface area contributed by atoms with Crippen molar-refractivity contribution in [3.8, 4) is 0 Å². The van der Waals surface area contributed by atoms with Crippen LogP contribution in [0.25, 0.3) is 0 Å². The third-order valence-corrected chi connectivity index (χ3v) is 5.78. The van der Waals surface area contributed by atoms with Crippen LogP contribution in [0.2, 0.25) is 0 Å². The first-order valence-corrected chi connectivity index (χ1v) is 9.21. The number of pyridine rings is 1. The van der Waals surface area contributed by atoms with E-state index in [-0.39, 0.29) is 16.1 Å². The van der Waals surface area contributed by atoms with Crippen LogP contribution in [0.1, 0.15) is 25.3 Å². The zero-order valence-electron chi connectivity index (χ0n) is 13.5. The lowest BCUT2D eigenvalue weighted by atomic mass is 10.0. The number of benzene rings is 1. The van der Waals surface area contributed by atoms with Gasteiger partial charge in [-0.1, -0.05) is 26.0 Å². The average molecular weight is 349 g/mol. The number of aromatic nitrogens is 1. The van der Waals surface area contributed by atoms with Crippen LogP contribution >= 0.6 is 0 Å². The van der Waals surface area contributed by atoms with Gasteiger partial charge in [0.1, 0.15) is 5.82 Å². The monoisotopic (exact) mass is 349 g/mol. The number of nitrogens with one attached hydrogen (secondary N) is 1. The fraction of sp³-hybridized carbons (Fsp3) is 0.353. The highest BCUT2D eigenvalue weighted by Crippen LogP contribution is 2.64. The second-order valence-electron chi connectivity index (χ2n) is 6.79. The van der Waals surface area contributed by atoms with Gasteiger partial charge >= 0.3 is 0 Å². The zero-order valence-corrected chi connectivity index (χ0v) is 14.3. The number of anilines is 1. The van der Waals surface area contributed by atoms with Crippen LogP contribution in [0, 0.1) is 17.2 Å². The fourth-order valence-corrected chi connectivity index (χ4v) is 3.90. The summed E-state index contributed by atoms with van der Waals surface area (Å²) in [5.74, 6) is 0.298. The number of halogens is 1. The Labute approximate surface area is 141 Å². The molecule has 1 aromatic carbocycles. The van der Waals surface area contributed by atoms with Gasteiger partial charge in [-0.3, -0.25) is 4.98 Å². The molecule has 2 atom stereocenters. The fourth-order valence-electron chi connectivity index (χ4n) is 3.39. The maximum absolute atomic E-state index is 13.2. The molecular formula is C17H20FN3O2S. The summed E-state index contributed by atoms with van der Waals surface area (Å²) in [6.07, 6.45) is 2.76. The first-order valence-electron chi connectivity index (χ1n) is 7.67. The van der Waals surface area contributed by atoms with Crippen molar-refractivity contribution in [3.05, 3.63) is 54.1 Å². The minimum absolute atomic E-state index is 0.0802. The Kier molecular flexibility index (Phi) is 4.09. The molecule has 1 aromatic heterocycles. The van der Waals surface area contributed by atoms with Gasteiger partial charge in [-0.05, 0) is 34.9 Å². The lowest BCUT2D eigenvalue weighted by Crippen LogP contribution is -2.11. The number of hydrogen-bond acceptors (Lipinski definition) is 4. The number of sulfonamides is 1. The van der Waals surface area contributed by atoms with Crippen molar-refractivity contribution in [1.82, 2.24) is 4.98 Å². The molecule has 5 nitrogen and oxygen atoms in total. The Morgan fingerprint density at radius 1 is 1.25 bits per heavy atom. The van der Waals surface area contributed by atoms with Gasteiger partial charge in [0.2, 0.25) is 10.0 Å². The molecule has 3 rings (SSSR count). The molecule has 0 radical (unpaired) electrons. The van der Waals surface area contributed by atoms with Crippen molar-refractivity contribution in [2.75, 3.05) is 11.9 Å². The smallest absolute Gasteiger partial charge is 0.238 e. The Morgan fingerprint density at radius 2 is 1.92 bits per heavy atom. The Hall–Kier alpha value is -1.99. The molecule has 1 aliphatic rings. The maximum Gasteiger partial charge on any atom is 0.238 e. The van der Waals surface area contributed by atoms with E-state index in [1.165, 1.54) is 12.3 Å². The third kappa shape index (κ3) is 3.27. The van der Waals surface area contributed by atoms with Gasteiger partial charge in [0.15, 0.2) is 0 Å². The van der Waals surface area contributed by atoms with Crippen LogP contribution < -0.4 is 10.5 Å². The van der Waals surface area contributed by atoms with Crippen molar-refractivity contribution in [1.29, 1.82) is 0 Å². The second kappa shape index (κ2) is 5.82. The van der Waals surface area contributed by atoms with Crippen molar-refractivity contribution < 1.29 is 12.8 Å². The summed E-state index contributed by atoms with van der Waals surface area (Å²) in [7, 11) is -3.67. The highest BCUT2D eigenvalue weighted by atomic mass is 32.2. The molecule has 1 saturated carbocycles. The van der Waals surface area contributed by atoms with E-state index in [1.807, 2.05) is 12.1 Å². The summed E-state index contributed by atoms with van der Waals surface area (Å²) in [5.41, 5.74) is 1.81. The topological polar surface area (TPSA) is 85.1 Å². The van der Waals surface area contributed by atoms with E-state index in [0.717, 1.165) is 5.56 Å². The third-order valence-electron chi connectivity index (χ3n) is 4.85. The summed E-state index contributed by atoms with van der Waals surface area (Å²) < 4.78 is 35.9. The predicted octanol–water partition coefficient (Wildman–Crippen LogP) is 2.72. The maximum atomic E-state index is 13.2. The molecule has 128 valence electrons.